The summed E-state index contributed by atoms with van der Waals surface area (Å²) in [5, 5.41) is 61.6. The molecule has 0 fully saturated rings. The highest BCUT2D eigenvalue weighted by Crippen LogP contribution is 2.52. The van der Waals surface area contributed by atoms with Crippen LogP contribution in [-0.2, 0) is 29.4 Å². The summed E-state index contributed by atoms with van der Waals surface area (Å²) in [5.74, 6) is -6.84. The Bertz CT molecular complexity index is 1800. The molecule has 0 spiro atoms. The first-order chi connectivity index (χ1) is 25.1. The lowest BCUT2D eigenvalue weighted by Crippen LogP contribution is -2.50. The number of ether oxygens (including phenoxy) is 2. The lowest BCUT2D eigenvalue weighted by atomic mass is 9.55. The summed E-state index contributed by atoms with van der Waals surface area (Å²) in [5.41, 5.74) is -4.27. The van der Waals surface area contributed by atoms with Gasteiger partial charge in [0.2, 0.25) is 0 Å². The van der Waals surface area contributed by atoms with Crippen molar-refractivity contribution in [3.8, 4) is 11.5 Å². The molecule has 0 aliphatic rings. The number of esters is 2. The van der Waals surface area contributed by atoms with Gasteiger partial charge in [0, 0.05) is 63.2 Å². The molecule has 1 atom stereocenters. The number of benzene rings is 2. The molecule has 2 rings (SSSR count). The molecule has 13 heteroatoms. The number of carbonyl (C=O) groups excluding carboxylic acids is 2. The smallest absolute Gasteiger partial charge is 0.338 e. The first-order valence-electron chi connectivity index (χ1n) is 16.7. The largest absolute Gasteiger partial charge is 0.478 e. The molecule has 1 unspecified atom stereocenters. The fourth-order valence-electron chi connectivity index (χ4n) is 5.95. The lowest BCUT2D eigenvalue weighted by molar-refractivity contribution is -0.133. The van der Waals surface area contributed by atoms with Crippen LogP contribution in [0.3, 0.4) is 0 Å². The van der Waals surface area contributed by atoms with E-state index >= 15 is 0 Å². The molecule has 6 N–H and O–H groups in total. The Morgan fingerprint density at radius 2 is 0.963 bits per heavy atom. The van der Waals surface area contributed by atoms with Gasteiger partial charge in [-0.3, -0.25) is 0 Å². The van der Waals surface area contributed by atoms with Crippen molar-refractivity contribution < 1.29 is 64.1 Å². The van der Waals surface area contributed by atoms with Gasteiger partial charge in [-0.05, 0) is 70.0 Å². The normalized spacial score (nSPS) is 15.2. The Morgan fingerprint density at radius 1 is 0.611 bits per heavy atom. The number of hydrogen-bond donors (Lipinski definition) is 6. The van der Waals surface area contributed by atoms with Crippen molar-refractivity contribution in [1.29, 1.82) is 0 Å². The zero-order valence-corrected chi connectivity index (χ0v) is 31.4. The van der Waals surface area contributed by atoms with Crippen molar-refractivity contribution in [2.75, 3.05) is 19.8 Å². The lowest BCUT2D eigenvalue weighted by Gasteiger charge is -2.48. The van der Waals surface area contributed by atoms with E-state index in [2.05, 4.69) is 6.58 Å². The third-order valence-corrected chi connectivity index (χ3v) is 9.33. The fraction of sp³-hybridized carbons (Fsp3) is 0.341. The van der Waals surface area contributed by atoms with Crippen LogP contribution in [-0.4, -0.2) is 80.3 Å². The number of carboxylic acids is 3. The first-order valence-corrected chi connectivity index (χ1v) is 16.7. The minimum Gasteiger partial charge on any atom is -0.478 e. The minimum absolute atomic E-state index is 0.112. The maximum absolute atomic E-state index is 13.6. The van der Waals surface area contributed by atoms with Gasteiger partial charge in [0.25, 0.3) is 0 Å². The van der Waals surface area contributed by atoms with Crippen LogP contribution in [0.25, 0.3) is 0 Å². The monoisotopic (exact) mass is 748 g/mol. The average Bonchev–Trinajstić information content (AvgIpc) is 3.11. The first kappa shape index (κ1) is 44.5. The van der Waals surface area contributed by atoms with Crippen molar-refractivity contribution in [3.05, 3.63) is 118 Å². The van der Waals surface area contributed by atoms with Gasteiger partial charge < -0.3 is 40.1 Å². The van der Waals surface area contributed by atoms with Gasteiger partial charge >= 0.3 is 29.8 Å². The van der Waals surface area contributed by atoms with Crippen LogP contribution in [0.5, 0.6) is 11.5 Å². The Hall–Kier alpha value is -5.63. The third kappa shape index (κ3) is 10.3. The van der Waals surface area contributed by atoms with E-state index in [-0.39, 0.29) is 16.9 Å². The predicted octanol–water partition coefficient (Wildman–Crippen LogP) is 5.00. The maximum Gasteiger partial charge on any atom is 0.338 e. The number of aliphatic hydroxyl groups excluding tert-OH is 3. The highest BCUT2D eigenvalue weighted by Gasteiger charge is 2.52. The second kappa shape index (κ2) is 18.4. The number of allylic oxidation sites excluding steroid dienone is 3. The molecule has 290 valence electrons. The topological polar surface area (TPSA) is 225 Å². The maximum atomic E-state index is 13.6. The standard InChI is InChI=1S/C41H48O13/c1-24(2)37(51)53-32-13-9-29(10-14-32)39(7,8)30-11-15-33(16-12-30)54-38(52)28(6)20-41(23-44,31(21-42)22-43)40(17-25(3)34(45)46,18-26(4)35(47)48)19-27(5)36(49)50/h9-20,31,42-44H,1,21-23H2,2-8H3,(H,45,46)(H,47,48)(H,49,50). The number of carbonyl (C=O) groups is 5. The van der Waals surface area contributed by atoms with E-state index in [0.717, 1.165) is 56.2 Å². The Balaban J connectivity index is 2.71. The third-order valence-electron chi connectivity index (χ3n) is 9.33. The zero-order valence-electron chi connectivity index (χ0n) is 31.4. The van der Waals surface area contributed by atoms with Gasteiger partial charge in [-0.1, -0.05) is 69.0 Å². The SMILES string of the molecule is C=C(C)C(=O)Oc1ccc(C(C)(C)c2ccc(OC(=O)C(C)=CC(CO)(C(CO)CO)C(C=C(C)C(=O)O)(C=C(C)C(=O)O)C=C(C)C(=O)O)cc2)cc1. The van der Waals surface area contributed by atoms with Gasteiger partial charge in [-0.15, -0.1) is 0 Å². The van der Waals surface area contributed by atoms with E-state index in [1.165, 1.54) is 6.92 Å². The summed E-state index contributed by atoms with van der Waals surface area (Å²) in [6.07, 6.45) is 4.17. The Kier molecular flexibility index (Phi) is 15.2. The van der Waals surface area contributed by atoms with Crippen LogP contribution < -0.4 is 9.47 Å². The number of hydrogen-bond acceptors (Lipinski definition) is 10. The zero-order chi connectivity index (χ0) is 41.2. The molecule has 13 nitrogen and oxygen atoms in total. The molecule has 2 aromatic carbocycles. The number of aliphatic hydroxyl groups is 3. The van der Waals surface area contributed by atoms with Crippen molar-refractivity contribution >= 4 is 29.8 Å². The molecule has 0 saturated heterocycles. The molecule has 0 aliphatic carbocycles. The van der Waals surface area contributed by atoms with E-state index in [4.69, 9.17) is 9.47 Å². The summed E-state index contributed by atoms with van der Waals surface area (Å²) in [7, 11) is 0. The summed E-state index contributed by atoms with van der Waals surface area (Å²) in [4.78, 5) is 61.8. The van der Waals surface area contributed by atoms with E-state index in [9.17, 15) is 54.6 Å². The molecule has 2 aromatic rings. The summed E-state index contributed by atoms with van der Waals surface area (Å²) in [6, 6.07) is 13.5. The molecular weight excluding hydrogens is 700 g/mol. The van der Waals surface area contributed by atoms with Gasteiger partial charge in [-0.2, -0.15) is 0 Å². The fourth-order valence-corrected chi connectivity index (χ4v) is 5.95. The highest BCUT2D eigenvalue weighted by molar-refractivity contribution is 5.91. The molecular formula is C41H48O13. The van der Waals surface area contributed by atoms with Crippen LogP contribution in [0.15, 0.2) is 107 Å². The van der Waals surface area contributed by atoms with E-state index < -0.39 is 88.5 Å². The quantitative estimate of drug-likeness (QED) is 0.0671. The van der Waals surface area contributed by atoms with E-state index in [0.29, 0.717) is 5.75 Å². The van der Waals surface area contributed by atoms with Crippen LogP contribution >= 0.6 is 0 Å². The van der Waals surface area contributed by atoms with Crippen molar-refractivity contribution in [3.63, 3.8) is 0 Å². The second-order valence-electron chi connectivity index (χ2n) is 13.7. The molecule has 0 bridgehead atoms. The van der Waals surface area contributed by atoms with Gasteiger partial charge in [-0.25, -0.2) is 24.0 Å². The highest BCUT2D eigenvalue weighted by atomic mass is 16.5. The van der Waals surface area contributed by atoms with Crippen LogP contribution in [0.1, 0.15) is 59.6 Å². The van der Waals surface area contributed by atoms with Crippen LogP contribution in [0.2, 0.25) is 0 Å². The minimum atomic E-state index is -2.18. The Morgan fingerprint density at radius 3 is 1.26 bits per heavy atom. The molecule has 0 aromatic heterocycles. The molecule has 54 heavy (non-hydrogen) atoms. The Labute approximate surface area is 313 Å². The van der Waals surface area contributed by atoms with Crippen molar-refractivity contribution in [2.45, 2.75) is 53.9 Å². The van der Waals surface area contributed by atoms with Crippen molar-refractivity contribution in [2.24, 2.45) is 16.7 Å². The molecule has 0 radical (unpaired) electrons. The summed E-state index contributed by atoms with van der Waals surface area (Å²) in [6.45, 7) is 11.1. The van der Waals surface area contributed by atoms with E-state index in [1.807, 2.05) is 26.0 Å². The predicted molar refractivity (Wildman–Crippen MR) is 199 cm³/mol. The van der Waals surface area contributed by atoms with Crippen LogP contribution in [0, 0.1) is 16.7 Å². The summed E-state index contributed by atoms with van der Waals surface area (Å²) < 4.78 is 10.9. The molecule has 0 aliphatic heterocycles. The molecule has 0 amide bonds. The molecule has 0 heterocycles. The molecule has 0 saturated carbocycles. The van der Waals surface area contributed by atoms with Gasteiger partial charge in [0.05, 0.1) is 6.61 Å². The summed E-state index contributed by atoms with van der Waals surface area (Å²) >= 11 is 0. The van der Waals surface area contributed by atoms with Gasteiger partial charge in [0.1, 0.15) is 11.5 Å². The number of aliphatic carboxylic acids is 3. The number of carboxylic acid groups (broad SMARTS) is 3. The second-order valence-corrected chi connectivity index (χ2v) is 13.7. The van der Waals surface area contributed by atoms with E-state index in [1.54, 1.807) is 43.3 Å². The van der Waals surface area contributed by atoms with Crippen molar-refractivity contribution in [1.82, 2.24) is 0 Å². The average molecular weight is 749 g/mol. The van der Waals surface area contributed by atoms with Gasteiger partial charge in [0.15, 0.2) is 0 Å². The number of rotatable bonds is 18. The van der Waals surface area contributed by atoms with Crippen LogP contribution in [0.4, 0.5) is 0 Å².